The normalized spacial score (nSPS) is 17.0. The van der Waals surface area contributed by atoms with Gasteiger partial charge in [0.15, 0.2) is 0 Å². The van der Waals surface area contributed by atoms with Crippen molar-refractivity contribution in [3.8, 4) is 5.75 Å². The molecule has 0 radical (unpaired) electrons. The number of hydrogen-bond acceptors (Lipinski definition) is 3. The smallest absolute Gasteiger partial charge is 0.229 e. The lowest BCUT2D eigenvalue weighted by Gasteiger charge is -2.19. The van der Waals surface area contributed by atoms with E-state index >= 15 is 0 Å². The zero-order valence-corrected chi connectivity index (χ0v) is 13.9. The van der Waals surface area contributed by atoms with Gasteiger partial charge in [-0.05, 0) is 36.4 Å². The summed E-state index contributed by atoms with van der Waals surface area (Å²) in [5, 5.41) is 3.43. The maximum Gasteiger partial charge on any atom is 0.229 e. The zero-order valence-electron chi connectivity index (χ0n) is 13.2. The summed E-state index contributed by atoms with van der Waals surface area (Å²) in [7, 11) is 1.56. The highest BCUT2D eigenvalue weighted by Gasteiger charge is 2.36. The van der Waals surface area contributed by atoms with Crippen LogP contribution >= 0.6 is 11.6 Å². The van der Waals surface area contributed by atoms with Gasteiger partial charge in [0.2, 0.25) is 11.8 Å². The van der Waals surface area contributed by atoms with E-state index in [1.54, 1.807) is 42.3 Å². The number of carbonyl (C=O) groups is 2. The van der Waals surface area contributed by atoms with Crippen molar-refractivity contribution in [2.24, 2.45) is 5.92 Å². The Balaban J connectivity index is 1.72. The number of halogens is 1. The van der Waals surface area contributed by atoms with E-state index < -0.39 is 5.92 Å². The molecule has 1 saturated heterocycles. The summed E-state index contributed by atoms with van der Waals surface area (Å²) in [5.41, 5.74) is 1.35. The molecule has 2 amide bonds. The summed E-state index contributed by atoms with van der Waals surface area (Å²) < 4.78 is 5.30. The van der Waals surface area contributed by atoms with Gasteiger partial charge in [-0.15, -0.1) is 0 Å². The molecule has 6 heteroatoms. The van der Waals surface area contributed by atoms with Gasteiger partial charge in [-0.1, -0.05) is 23.7 Å². The fraction of sp³-hybridized carbons (Fsp3) is 0.222. The molecular weight excluding hydrogens is 328 g/mol. The molecule has 0 spiro atoms. The van der Waals surface area contributed by atoms with E-state index in [1.807, 2.05) is 18.2 Å². The first-order chi connectivity index (χ1) is 11.6. The number of methoxy groups -OCH3 is 1. The second-order valence-electron chi connectivity index (χ2n) is 5.57. The molecule has 0 saturated carbocycles. The number of amides is 2. The van der Waals surface area contributed by atoms with Gasteiger partial charge in [0.25, 0.3) is 0 Å². The molecule has 3 rings (SSSR count). The van der Waals surface area contributed by atoms with Crippen LogP contribution in [0.3, 0.4) is 0 Å². The number of anilines is 2. The predicted molar refractivity (Wildman–Crippen MR) is 93.5 cm³/mol. The minimum absolute atomic E-state index is 0.0873. The van der Waals surface area contributed by atoms with Gasteiger partial charge in [0.05, 0.1) is 18.7 Å². The van der Waals surface area contributed by atoms with Crippen LogP contribution in [0.5, 0.6) is 5.75 Å². The molecule has 0 aromatic heterocycles. The highest BCUT2D eigenvalue weighted by Crippen LogP contribution is 2.33. The molecule has 1 aliphatic heterocycles. The molecule has 5 nitrogen and oxygen atoms in total. The van der Waals surface area contributed by atoms with Crippen LogP contribution < -0.4 is 15.0 Å². The Morgan fingerprint density at radius 1 is 1.21 bits per heavy atom. The minimum atomic E-state index is -0.405. The molecule has 124 valence electrons. The number of hydrogen-bond donors (Lipinski definition) is 1. The van der Waals surface area contributed by atoms with Crippen LogP contribution in [0.4, 0.5) is 11.4 Å². The van der Waals surface area contributed by atoms with Crippen molar-refractivity contribution in [1.29, 1.82) is 0 Å². The SMILES string of the molecule is COc1ccccc1N1C[C@@H](C(=O)Nc2ccc(Cl)cc2)CC1=O. The van der Waals surface area contributed by atoms with Gasteiger partial charge >= 0.3 is 0 Å². The van der Waals surface area contributed by atoms with Gasteiger partial charge in [-0.2, -0.15) is 0 Å². The fourth-order valence-corrected chi connectivity index (χ4v) is 2.87. The van der Waals surface area contributed by atoms with Crippen LogP contribution in [0.25, 0.3) is 0 Å². The minimum Gasteiger partial charge on any atom is -0.495 e. The average molecular weight is 345 g/mol. The standard InChI is InChI=1S/C18H17ClN2O3/c1-24-16-5-3-2-4-15(16)21-11-12(10-17(21)22)18(23)20-14-8-6-13(19)7-9-14/h2-9,12H,10-11H2,1H3,(H,20,23)/t12-/m0/s1. The van der Waals surface area contributed by atoms with Crippen LogP contribution in [0.1, 0.15) is 6.42 Å². The molecule has 1 heterocycles. The van der Waals surface area contributed by atoms with Crippen molar-refractivity contribution in [2.75, 3.05) is 23.9 Å². The molecule has 1 aliphatic rings. The monoisotopic (exact) mass is 344 g/mol. The summed E-state index contributed by atoms with van der Waals surface area (Å²) in [6.45, 7) is 0.332. The maximum absolute atomic E-state index is 12.4. The second-order valence-corrected chi connectivity index (χ2v) is 6.01. The molecule has 1 fully saturated rings. The Morgan fingerprint density at radius 3 is 2.62 bits per heavy atom. The summed E-state index contributed by atoms with van der Waals surface area (Å²) in [4.78, 5) is 26.4. The Kier molecular flexibility index (Phi) is 4.71. The topological polar surface area (TPSA) is 58.6 Å². The van der Waals surface area contributed by atoms with Crippen molar-refractivity contribution in [3.63, 3.8) is 0 Å². The molecule has 1 atom stereocenters. The molecule has 0 aliphatic carbocycles. The molecule has 0 unspecified atom stereocenters. The van der Waals surface area contributed by atoms with E-state index in [0.29, 0.717) is 28.7 Å². The summed E-state index contributed by atoms with van der Waals surface area (Å²) in [6.07, 6.45) is 0.178. The summed E-state index contributed by atoms with van der Waals surface area (Å²) in [6, 6.07) is 14.2. The molecule has 2 aromatic rings. The maximum atomic E-state index is 12.4. The van der Waals surface area contributed by atoms with E-state index in [1.165, 1.54) is 0 Å². The van der Waals surface area contributed by atoms with Crippen LogP contribution in [-0.4, -0.2) is 25.5 Å². The quantitative estimate of drug-likeness (QED) is 0.925. The van der Waals surface area contributed by atoms with Gasteiger partial charge in [0.1, 0.15) is 5.75 Å². The van der Waals surface area contributed by atoms with Gasteiger partial charge < -0.3 is 15.0 Å². The van der Waals surface area contributed by atoms with Crippen LogP contribution in [0, 0.1) is 5.92 Å². The average Bonchev–Trinajstić information content (AvgIpc) is 2.98. The number of carbonyl (C=O) groups excluding carboxylic acids is 2. The lowest BCUT2D eigenvalue weighted by Crippen LogP contribution is -2.28. The predicted octanol–water partition coefficient (Wildman–Crippen LogP) is 3.34. The third kappa shape index (κ3) is 3.36. The largest absolute Gasteiger partial charge is 0.495 e. The van der Waals surface area contributed by atoms with E-state index in [0.717, 1.165) is 0 Å². The third-order valence-corrected chi connectivity index (χ3v) is 4.24. The van der Waals surface area contributed by atoms with E-state index in [4.69, 9.17) is 16.3 Å². The van der Waals surface area contributed by atoms with Crippen molar-refractivity contribution < 1.29 is 14.3 Å². The first-order valence-electron chi connectivity index (χ1n) is 7.58. The summed E-state index contributed by atoms with van der Waals surface area (Å²) in [5.74, 6) is -0.0541. The number of para-hydroxylation sites is 2. The van der Waals surface area contributed by atoms with Crippen LogP contribution in [0.2, 0.25) is 5.02 Å². The number of benzene rings is 2. The second kappa shape index (κ2) is 6.93. The Morgan fingerprint density at radius 2 is 1.92 bits per heavy atom. The highest BCUT2D eigenvalue weighted by atomic mass is 35.5. The number of nitrogens with one attached hydrogen (secondary N) is 1. The molecule has 24 heavy (non-hydrogen) atoms. The lowest BCUT2D eigenvalue weighted by atomic mass is 10.1. The summed E-state index contributed by atoms with van der Waals surface area (Å²) >= 11 is 5.83. The lowest BCUT2D eigenvalue weighted by molar-refractivity contribution is -0.122. The molecular formula is C18H17ClN2O3. The molecule has 2 aromatic carbocycles. The third-order valence-electron chi connectivity index (χ3n) is 3.98. The van der Waals surface area contributed by atoms with Crippen LogP contribution in [-0.2, 0) is 9.59 Å². The Labute approximate surface area is 145 Å². The van der Waals surface area contributed by atoms with E-state index in [9.17, 15) is 9.59 Å². The first kappa shape index (κ1) is 16.3. The number of rotatable bonds is 4. The van der Waals surface area contributed by atoms with Gasteiger partial charge in [0, 0.05) is 23.7 Å². The van der Waals surface area contributed by atoms with Crippen molar-refractivity contribution in [1.82, 2.24) is 0 Å². The van der Waals surface area contributed by atoms with E-state index in [2.05, 4.69) is 5.32 Å². The fourth-order valence-electron chi connectivity index (χ4n) is 2.75. The first-order valence-corrected chi connectivity index (χ1v) is 7.96. The van der Waals surface area contributed by atoms with Crippen molar-refractivity contribution in [2.45, 2.75) is 6.42 Å². The van der Waals surface area contributed by atoms with Crippen molar-refractivity contribution >= 4 is 34.8 Å². The molecule has 0 bridgehead atoms. The van der Waals surface area contributed by atoms with Gasteiger partial charge in [-0.3, -0.25) is 9.59 Å². The van der Waals surface area contributed by atoms with E-state index in [-0.39, 0.29) is 18.2 Å². The van der Waals surface area contributed by atoms with Crippen LogP contribution in [0.15, 0.2) is 48.5 Å². The van der Waals surface area contributed by atoms with Gasteiger partial charge in [-0.25, -0.2) is 0 Å². The Hall–Kier alpha value is -2.53. The zero-order chi connectivity index (χ0) is 17.1. The van der Waals surface area contributed by atoms with Crippen molar-refractivity contribution in [3.05, 3.63) is 53.6 Å². The Bertz CT molecular complexity index is 761. The number of ether oxygens (including phenoxy) is 1. The number of nitrogens with zero attached hydrogens (tertiary/aromatic N) is 1. The highest BCUT2D eigenvalue weighted by molar-refractivity contribution is 6.30. The molecule has 1 N–H and O–H groups in total.